The summed E-state index contributed by atoms with van der Waals surface area (Å²) >= 11 is 0. The molecule has 3 rings (SSSR count). The van der Waals surface area contributed by atoms with Crippen LogP contribution in [0.5, 0.6) is 0 Å². The Morgan fingerprint density at radius 1 is 1.14 bits per heavy atom. The van der Waals surface area contributed by atoms with Crippen LogP contribution < -0.4 is 4.90 Å². The van der Waals surface area contributed by atoms with Gasteiger partial charge in [-0.25, -0.2) is 9.37 Å². The smallest absolute Gasteiger partial charge is 0.157 e. The van der Waals surface area contributed by atoms with Crippen molar-refractivity contribution < 1.29 is 4.39 Å². The number of rotatable bonds is 3. The summed E-state index contributed by atoms with van der Waals surface area (Å²) in [6, 6.07) is 10.6. The van der Waals surface area contributed by atoms with Gasteiger partial charge in [0.1, 0.15) is 11.6 Å². The topological polar surface area (TPSA) is 33.4 Å². The van der Waals surface area contributed by atoms with E-state index in [0.29, 0.717) is 6.54 Å². The van der Waals surface area contributed by atoms with E-state index in [1.807, 2.05) is 48.5 Å². The van der Waals surface area contributed by atoms with Gasteiger partial charge in [-0.3, -0.25) is 0 Å². The lowest BCUT2D eigenvalue weighted by Crippen LogP contribution is -2.20. The molecule has 0 saturated carbocycles. The molecule has 0 unspecified atom stereocenters. The molecule has 2 heterocycles. The van der Waals surface area contributed by atoms with Crippen molar-refractivity contribution in [1.29, 1.82) is 0 Å². The first-order valence-electron chi connectivity index (χ1n) is 6.82. The third kappa shape index (κ3) is 2.72. The number of benzene rings is 1. The van der Waals surface area contributed by atoms with Gasteiger partial charge < -0.3 is 4.90 Å². The number of anilines is 1. The summed E-state index contributed by atoms with van der Waals surface area (Å²) in [5.74, 6) is 0.724. The molecule has 0 aliphatic heterocycles. The van der Waals surface area contributed by atoms with Crippen LogP contribution in [0.1, 0.15) is 17.0 Å². The molecule has 108 valence electrons. The maximum Gasteiger partial charge on any atom is 0.157 e. The summed E-state index contributed by atoms with van der Waals surface area (Å²) in [6.07, 6.45) is 0. The second kappa shape index (κ2) is 5.16. The van der Waals surface area contributed by atoms with Crippen LogP contribution in [0.15, 0.2) is 36.4 Å². The summed E-state index contributed by atoms with van der Waals surface area (Å²) in [6.45, 7) is 4.51. The molecule has 0 radical (unpaired) electrons. The monoisotopic (exact) mass is 284 g/mol. The van der Waals surface area contributed by atoms with Crippen molar-refractivity contribution >= 4 is 11.5 Å². The van der Waals surface area contributed by atoms with Gasteiger partial charge >= 0.3 is 0 Å². The highest BCUT2D eigenvalue weighted by Crippen LogP contribution is 2.19. The third-order valence-electron chi connectivity index (χ3n) is 3.36. The standard InChI is InChI=1S/C16H17FN4/c1-11-8-16(21-15(18-11)7-12(2)19-21)20(3)10-13-5-4-6-14(17)9-13/h4-9H,10H2,1-3H3. The molecule has 0 fully saturated rings. The molecule has 0 atom stereocenters. The molecule has 0 bridgehead atoms. The van der Waals surface area contributed by atoms with E-state index < -0.39 is 0 Å². The number of aryl methyl sites for hydroxylation is 2. The van der Waals surface area contributed by atoms with Crippen molar-refractivity contribution in [2.45, 2.75) is 20.4 Å². The zero-order valence-electron chi connectivity index (χ0n) is 12.3. The van der Waals surface area contributed by atoms with Crippen molar-refractivity contribution in [3.63, 3.8) is 0 Å². The van der Waals surface area contributed by atoms with Crippen LogP contribution in [0, 0.1) is 19.7 Å². The van der Waals surface area contributed by atoms with E-state index in [9.17, 15) is 4.39 Å². The summed E-state index contributed by atoms with van der Waals surface area (Å²) in [7, 11) is 1.97. The number of hydrogen-bond donors (Lipinski definition) is 0. The van der Waals surface area contributed by atoms with E-state index in [1.165, 1.54) is 6.07 Å². The molecule has 5 heteroatoms. The molecular weight excluding hydrogens is 267 g/mol. The van der Waals surface area contributed by atoms with Crippen LogP contribution >= 0.6 is 0 Å². The predicted molar refractivity (Wildman–Crippen MR) is 81.0 cm³/mol. The molecule has 3 aromatic rings. The Bertz CT molecular complexity index is 794. The molecule has 2 aromatic heterocycles. The zero-order chi connectivity index (χ0) is 15.0. The Morgan fingerprint density at radius 3 is 2.71 bits per heavy atom. The Kier molecular flexibility index (Phi) is 3.33. The van der Waals surface area contributed by atoms with Crippen LogP contribution in [0.25, 0.3) is 5.65 Å². The molecule has 0 saturated heterocycles. The third-order valence-corrected chi connectivity index (χ3v) is 3.36. The van der Waals surface area contributed by atoms with Crippen LogP contribution in [0.3, 0.4) is 0 Å². The van der Waals surface area contributed by atoms with Gasteiger partial charge in [-0.1, -0.05) is 12.1 Å². The van der Waals surface area contributed by atoms with Crippen LogP contribution in [-0.4, -0.2) is 21.6 Å². The largest absolute Gasteiger partial charge is 0.355 e. The van der Waals surface area contributed by atoms with E-state index in [4.69, 9.17) is 0 Å². The molecule has 0 spiro atoms. The SMILES string of the molecule is Cc1cc(N(C)Cc2cccc(F)c2)n2nc(C)cc2n1. The summed E-state index contributed by atoms with van der Waals surface area (Å²) in [4.78, 5) is 6.52. The van der Waals surface area contributed by atoms with Gasteiger partial charge in [-0.15, -0.1) is 0 Å². The van der Waals surface area contributed by atoms with Gasteiger partial charge in [0.25, 0.3) is 0 Å². The molecule has 4 nitrogen and oxygen atoms in total. The van der Waals surface area contributed by atoms with Crippen LogP contribution in [0.4, 0.5) is 10.2 Å². The van der Waals surface area contributed by atoms with Gasteiger partial charge in [-0.2, -0.15) is 9.61 Å². The Morgan fingerprint density at radius 2 is 1.95 bits per heavy atom. The van der Waals surface area contributed by atoms with Crippen molar-refractivity contribution in [3.8, 4) is 0 Å². The summed E-state index contributed by atoms with van der Waals surface area (Å²) in [5, 5.41) is 4.47. The number of fused-ring (bicyclic) bond motifs is 1. The van der Waals surface area contributed by atoms with Gasteiger partial charge in [0.05, 0.1) is 5.69 Å². The van der Waals surface area contributed by atoms with E-state index in [-0.39, 0.29) is 5.82 Å². The van der Waals surface area contributed by atoms with Gasteiger partial charge in [-0.05, 0) is 31.5 Å². The fourth-order valence-corrected chi connectivity index (χ4v) is 2.46. The number of aromatic nitrogens is 3. The fourth-order valence-electron chi connectivity index (χ4n) is 2.46. The maximum absolute atomic E-state index is 13.3. The Labute approximate surface area is 122 Å². The van der Waals surface area contributed by atoms with Crippen LogP contribution in [0.2, 0.25) is 0 Å². The summed E-state index contributed by atoms with van der Waals surface area (Å²) in [5.41, 5.74) is 3.61. The molecule has 0 aliphatic rings. The lowest BCUT2D eigenvalue weighted by Gasteiger charge is -2.20. The highest BCUT2D eigenvalue weighted by Gasteiger charge is 2.11. The first-order chi connectivity index (χ1) is 10.0. The van der Waals surface area contributed by atoms with E-state index >= 15 is 0 Å². The van der Waals surface area contributed by atoms with E-state index in [2.05, 4.69) is 10.1 Å². The molecular formula is C16H17FN4. The minimum absolute atomic E-state index is 0.216. The summed E-state index contributed by atoms with van der Waals surface area (Å²) < 4.78 is 15.1. The highest BCUT2D eigenvalue weighted by atomic mass is 19.1. The Hall–Kier alpha value is -2.43. The van der Waals surface area contributed by atoms with Crippen molar-refractivity contribution in [2.75, 3.05) is 11.9 Å². The Balaban J connectivity index is 1.99. The van der Waals surface area contributed by atoms with Gasteiger partial charge in [0.15, 0.2) is 5.65 Å². The number of halogens is 1. The number of hydrogen-bond acceptors (Lipinski definition) is 3. The lowest BCUT2D eigenvalue weighted by atomic mass is 10.2. The van der Waals surface area contributed by atoms with Gasteiger partial charge in [0, 0.05) is 31.4 Å². The lowest BCUT2D eigenvalue weighted by molar-refractivity contribution is 0.625. The average molecular weight is 284 g/mol. The zero-order valence-corrected chi connectivity index (χ0v) is 12.3. The van der Waals surface area contributed by atoms with Crippen molar-refractivity contribution in [1.82, 2.24) is 14.6 Å². The maximum atomic E-state index is 13.3. The molecule has 0 amide bonds. The van der Waals surface area contributed by atoms with E-state index in [1.54, 1.807) is 12.1 Å². The second-order valence-electron chi connectivity index (χ2n) is 5.30. The molecule has 1 aromatic carbocycles. The molecule has 0 N–H and O–H groups in total. The highest BCUT2D eigenvalue weighted by molar-refractivity contribution is 5.51. The van der Waals surface area contributed by atoms with Gasteiger partial charge in [0.2, 0.25) is 0 Å². The first kappa shape index (κ1) is 13.5. The minimum atomic E-state index is -0.216. The molecule has 0 aliphatic carbocycles. The normalized spacial score (nSPS) is 11.0. The average Bonchev–Trinajstić information content (AvgIpc) is 2.77. The molecule has 21 heavy (non-hydrogen) atoms. The first-order valence-corrected chi connectivity index (χ1v) is 6.82. The quantitative estimate of drug-likeness (QED) is 0.741. The van der Waals surface area contributed by atoms with E-state index in [0.717, 1.165) is 28.4 Å². The fraction of sp³-hybridized carbons (Fsp3) is 0.250. The van der Waals surface area contributed by atoms with Crippen LogP contribution in [-0.2, 0) is 6.54 Å². The predicted octanol–water partition coefficient (Wildman–Crippen LogP) is 3.12. The number of nitrogens with zero attached hydrogens (tertiary/aromatic N) is 4. The van der Waals surface area contributed by atoms with Crippen molar-refractivity contribution in [2.24, 2.45) is 0 Å². The minimum Gasteiger partial charge on any atom is -0.355 e. The second-order valence-corrected chi connectivity index (χ2v) is 5.30. The van der Waals surface area contributed by atoms with Crippen molar-refractivity contribution in [3.05, 3.63) is 59.2 Å².